The van der Waals surface area contributed by atoms with E-state index in [-0.39, 0.29) is 0 Å². The highest BCUT2D eigenvalue weighted by Gasteiger charge is 2.67. The Morgan fingerprint density at radius 2 is 1.47 bits per heavy atom. The maximum Gasteiger partial charge on any atom is -0.0231 e. The lowest BCUT2D eigenvalue weighted by Crippen LogP contribution is -2.68. The molecule has 0 spiro atoms. The molecule has 112 valence electrons. The van der Waals surface area contributed by atoms with Gasteiger partial charge in [-0.3, -0.25) is 0 Å². The summed E-state index contributed by atoms with van der Waals surface area (Å²) in [5.74, 6) is 6.24. The molecule has 7 atom stereocenters. The standard InChI is InChI=1S/C19H36/c1-10-15-12(4)17-13(5)16(11(2)3)18(7,8)14(6)19(15,17)9/h11-17H,10H2,1-9H3. The van der Waals surface area contributed by atoms with Crippen molar-refractivity contribution in [2.45, 2.75) is 68.7 Å². The van der Waals surface area contributed by atoms with Crippen molar-refractivity contribution in [3.8, 4) is 0 Å². The van der Waals surface area contributed by atoms with E-state index in [1.807, 2.05) is 0 Å². The molecule has 0 aromatic carbocycles. The first-order valence-corrected chi connectivity index (χ1v) is 8.61. The Morgan fingerprint density at radius 3 is 1.89 bits per heavy atom. The van der Waals surface area contributed by atoms with E-state index in [1.165, 1.54) is 6.42 Å². The molecule has 19 heavy (non-hydrogen) atoms. The first-order valence-electron chi connectivity index (χ1n) is 8.61. The van der Waals surface area contributed by atoms with Gasteiger partial charge in [-0.25, -0.2) is 0 Å². The van der Waals surface area contributed by atoms with Crippen molar-refractivity contribution < 1.29 is 0 Å². The zero-order chi connectivity index (χ0) is 14.7. The minimum Gasteiger partial charge on any atom is -0.0651 e. The molecule has 0 N–H and O–H groups in total. The Labute approximate surface area is 121 Å². The Bertz CT molecular complexity index is 336. The summed E-state index contributed by atoms with van der Waals surface area (Å²) in [6.07, 6.45) is 1.37. The van der Waals surface area contributed by atoms with Gasteiger partial charge in [-0.15, -0.1) is 0 Å². The van der Waals surface area contributed by atoms with Crippen LogP contribution in [0, 0.1) is 52.3 Å². The average Bonchev–Trinajstić information content (AvgIpc) is 2.25. The quantitative estimate of drug-likeness (QED) is 0.585. The molecular formula is C19H36. The molecule has 0 aromatic rings. The Morgan fingerprint density at radius 1 is 0.947 bits per heavy atom. The van der Waals surface area contributed by atoms with Gasteiger partial charge in [0.25, 0.3) is 0 Å². The molecule has 0 heterocycles. The zero-order valence-corrected chi connectivity index (χ0v) is 14.7. The molecule has 0 bridgehead atoms. The lowest BCUT2D eigenvalue weighted by Gasteiger charge is -2.73. The van der Waals surface area contributed by atoms with Gasteiger partial charge in [0, 0.05) is 0 Å². The monoisotopic (exact) mass is 264 g/mol. The van der Waals surface area contributed by atoms with Crippen LogP contribution in [0.15, 0.2) is 0 Å². The van der Waals surface area contributed by atoms with Crippen molar-refractivity contribution in [3.63, 3.8) is 0 Å². The van der Waals surface area contributed by atoms with Crippen LogP contribution >= 0.6 is 0 Å². The number of rotatable bonds is 2. The first-order chi connectivity index (χ1) is 8.61. The highest BCUT2D eigenvalue weighted by Crippen LogP contribution is 2.72. The number of hydrogen-bond donors (Lipinski definition) is 0. The highest BCUT2D eigenvalue weighted by atomic mass is 14.7. The van der Waals surface area contributed by atoms with Crippen LogP contribution in [0.2, 0.25) is 0 Å². The van der Waals surface area contributed by atoms with Crippen LogP contribution in [-0.4, -0.2) is 0 Å². The Balaban J connectivity index is 2.44. The third kappa shape index (κ3) is 1.70. The zero-order valence-electron chi connectivity index (χ0n) is 14.7. The van der Waals surface area contributed by atoms with Gasteiger partial charge >= 0.3 is 0 Å². The molecule has 2 fully saturated rings. The third-order valence-corrected chi connectivity index (χ3v) is 7.92. The summed E-state index contributed by atoms with van der Waals surface area (Å²) in [4.78, 5) is 0. The van der Waals surface area contributed by atoms with E-state index in [1.54, 1.807) is 0 Å². The fourth-order valence-electron chi connectivity index (χ4n) is 7.44. The van der Waals surface area contributed by atoms with Gasteiger partial charge in [-0.05, 0) is 52.3 Å². The molecule has 2 aliphatic rings. The van der Waals surface area contributed by atoms with Crippen LogP contribution < -0.4 is 0 Å². The topological polar surface area (TPSA) is 0 Å². The minimum atomic E-state index is 0.479. The second-order valence-corrected chi connectivity index (χ2v) is 8.94. The fourth-order valence-corrected chi connectivity index (χ4v) is 7.44. The predicted octanol–water partition coefficient (Wildman–Crippen LogP) is 5.87. The second kappa shape index (κ2) is 4.50. The summed E-state index contributed by atoms with van der Waals surface area (Å²) in [5.41, 5.74) is 1.06. The van der Waals surface area contributed by atoms with Gasteiger partial charge in [-0.2, -0.15) is 0 Å². The van der Waals surface area contributed by atoms with Crippen LogP contribution in [0.1, 0.15) is 68.7 Å². The van der Waals surface area contributed by atoms with E-state index in [9.17, 15) is 0 Å². The lowest BCUT2D eigenvalue weighted by atomic mass is 9.32. The van der Waals surface area contributed by atoms with E-state index < -0.39 is 0 Å². The van der Waals surface area contributed by atoms with E-state index >= 15 is 0 Å². The normalized spacial score (nSPS) is 52.7. The van der Waals surface area contributed by atoms with Crippen LogP contribution in [0.25, 0.3) is 0 Å². The van der Waals surface area contributed by atoms with Crippen LogP contribution in [0.4, 0.5) is 0 Å². The number of fused-ring (bicyclic) bond motifs is 1. The Hall–Kier alpha value is 0. The lowest BCUT2D eigenvalue weighted by molar-refractivity contribution is -0.253. The average molecular weight is 264 g/mol. The van der Waals surface area contributed by atoms with Gasteiger partial charge in [0.2, 0.25) is 0 Å². The first kappa shape index (κ1) is 15.4. The van der Waals surface area contributed by atoms with Crippen LogP contribution in [0.5, 0.6) is 0 Å². The summed E-state index contributed by atoms with van der Waals surface area (Å²) < 4.78 is 0. The van der Waals surface area contributed by atoms with E-state index in [2.05, 4.69) is 62.3 Å². The fraction of sp³-hybridized carbons (Fsp3) is 1.00. The smallest absolute Gasteiger partial charge is 0.0231 e. The largest absolute Gasteiger partial charge is 0.0651 e. The van der Waals surface area contributed by atoms with Gasteiger partial charge in [0.05, 0.1) is 0 Å². The minimum absolute atomic E-state index is 0.479. The van der Waals surface area contributed by atoms with Crippen molar-refractivity contribution >= 4 is 0 Å². The van der Waals surface area contributed by atoms with Crippen molar-refractivity contribution in [1.29, 1.82) is 0 Å². The molecule has 0 aromatic heterocycles. The van der Waals surface area contributed by atoms with Crippen LogP contribution in [0.3, 0.4) is 0 Å². The molecule has 0 heteroatoms. The summed E-state index contributed by atoms with van der Waals surface area (Å²) in [7, 11) is 0. The molecule has 0 nitrogen and oxygen atoms in total. The van der Waals surface area contributed by atoms with Crippen molar-refractivity contribution in [2.24, 2.45) is 52.3 Å². The predicted molar refractivity (Wildman–Crippen MR) is 85.0 cm³/mol. The Kier molecular flexibility index (Phi) is 3.64. The van der Waals surface area contributed by atoms with Crippen LogP contribution in [-0.2, 0) is 0 Å². The van der Waals surface area contributed by atoms with Crippen molar-refractivity contribution in [2.75, 3.05) is 0 Å². The third-order valence-electron chi connectivity index (χ3n) is 7.92. The van der Waals surface area contributed by atoms with Gasteiger partial charge < -0.3 is 0 Å². The maximum absolute atomic E-state index is 2.62. The molecule has 0 radical (unpaired) electrons. The van der Waals surface area contributed by atoms with E-state index in [4.69, 9.17) is 0 Å². The summed E-state index contributed by atoms with van der Waals surface area (Å²) >= 11 is 0. The summed E-state index contributed by atoms with van der Waals surface area (Å²) in [6, 6.07) is 0. The summed E-state index contributed by atoms with van der Waals surface area (Å²) in [6.45, 7) is 22.7. The maximum atomic E-state index is 2.62. The SMILES string of the molecule is CCC1C(C)C2C(C)C(C(C)C)C(C)(C)C(C)C12C. The summed E-state index contributed by atoms with van der Waals surface area (Å²) in [5, 5.41) is 0. The molecule has 0 amide bonds. The molecule has 7 unspecified atom stereocenters. The van der Waals surface area contributed by atoms with Gasteiger partial charge in [0.1, 0.15) is 0 Å². The molecular weight excluding hydrogens is 228 g/mol. The molecule has 0 aliphatic heterocycles. The van der Waals surface area contributed by atoms with E-state index in [0.717, 1.165) is 41.4 Å². The second-order valence-electron chi connectivity index (χ2n) is 8.94. The highest BCUT2D eigenvalue weighted by molar-refractivity contribution is 5.15. The van der Waals surface area contributed by atoms with Crippen molar-refractivity contribution in [3.05, 3.63) is 0 Å². The molecule has 2 saturated carbocycles. The molecule has 0 saturated heterocycles. The molecule has 2 rings (SSSR count). The number of hydrogen-bond acceptors (Lipinski definition) is 0. The van der Waals surface area contributed by atoms with Gasteiger partial charge in [-0.1, -0.05) is 68.7 Å². The molecule has 2 aliphatic carbocycles. The van der Waals surface area contributed by atoms with Crippen molar-refractivity contribution in [1.82, 2.24) is 0 Å². The van der Waals surface area contributed by atoms with Gasteiger partial charge in [0.15, 0.2) is 0 Å². The van der Waals surface area contributed by atoms with E-state index in [0.29, 0.717) is 10.8 Å².